The summed E-state index contributed by atoms with van der Waals surface area (Å²) in [4.78, 5) is 25.2. The highest BCUT2D eigenvalue weighted by molar-refractivity contribution is 5.89. The molecule has 2 rings (SSSR count). The van der Waals surface area contributed by atoms with Crippen LogP contribution in [0.2, 0.25) is 0 Å². The third-order valence-electron chi connectivity index (χ3n) is 3.36. The van der Waals surface area contributed by atoms with E-state index < -0.39 is 5.60 Å². The average Bonchev–Trinajstić information content (AvgIpc) is 2.35. The van der Waals surface area contributed by atoms with Crippen molar-refractivity contribution in [3.63, 3.8) is 0 Å². The van der Waals surface area contributed by atoms with Crippen LogP contribution in [0.3, 0.4) is 0 Å². The second-order valence-corrected chi connectivity index (χ2v) is 6.09. The zero-order chi connectivity index (χ0) is 15.6. The molecule has 1 heterocycles. The Bertz CT molecular complexity index is 530. The van der Waals surface area contributed by atoms with Crippen LogP contribution in [0.5, 0.6) is 0 Å². The number of nitrogens with zero attached hydrogens (tertiary/aromatic N) is 1. The van der Waals surface area contributed by atoms with Gasteiger partial charge in [0, 0.05) is 6.54 Å². The molecule has 1 saturated heterocycles. The van der Waals surface area contributed by atoms with Crippen molar-refractivity contribution < 1.29 is 19.1 Å². The van der Waals surface area contributed by atoms with Crippen LogP contribution in [0.25, 0.3) is 0 Å². The summed E-state index contributed by atoms with van der Waals surface area (Å²) in [7, 11) is 1.35. The number of amides is 1. The molecule has 0 saturated carbocycles. The van der Waals surface area contributed by atoms with E-state index in [1.54, 1.807) is 17.0 Å². The summed E-state index contributed by atoms with van der Waals surface area (Å²) >= 11 is 0. The minimum atomic E-state index is -0.494. The lowest BCUT2D eigenvalue weighted by molar-refractivity contribution is -0.00577. The normalized spacial score (nSPS) is 17.9. The van der Waals surface area contributed by atoms with Gasteiger partial charge in [-0.25, -0.2) is 9.59 Å². The fraction of sp³-hybridized carbons (Fsp3) is 0.500. The molecule has 1 aliphatic rings. The molecule has 0 aliphatic carbocycles. The lowest BCUT2D eigenvalue weighted by atomic mass is 9.94. The minimum Gasteiger partial charge on any atom is -0.465 e. The number of ether oxygens (including phenoxy) is 2. The van der Waals surface area contributed by atoms with Crippen LogP contribution >= 0.6 is 0 Å². The molecule has 1 aromatic carbocycles. The first-order valence-corrected chi connectivity index (χ1v) is 7.00. The lowest BCUT2D eigenvalue weighted by Crippen LogP contribution is -2.47. The molecule has 5 heteroatoms. The van der Waals surface area contributed by atoms with Gasteiger partial charge >= 0.3 is 12.1 Å². The Morgan fingerprint density at radius 1 is 1.19 bits per heavy atom. The number of hydrogen-bond donors (Lipinski definition) is 0. The number of carbonyl (C=O) groups excluding carboxylic acids is 2. The van der Waals surface area contributed by atoms with E-state index in [2.05, 4.69) is 4.74 Å². The van der Waals surface area contributed by atoms with Crippen molar-refractivity contribution >= 4 is 12.1 Å². The van der Waals surface area contributed by atoms with Gasteiger partial charge in [0.05, 0.1) is 18.7 Å². The highest BCUT2D eigenvalue weighted by Gasteiger charge is 2.36. The number of methoxy groups -OCH3 is 1. The first-order chi connectivity index (χ1) is 9.81. The van der Waals surface area contributed by atoms with E-state index >= 15 is 0 Å². The van der Waals surface area contributed by atoms with Crippen molar-refractivity contribution in [3.05, 3.63) is 35.4 Å². The van der Waals surface area contributed by atoms with E-state index in [0.717, 1.165) is 12.0 Å². The summed E-state index contributed by atoms with van der Waals surface area (Å²) in [6.07, 6.45) is 0.604. The van der Waals surface area contributed by atoms with E-state index in [1.165, 1.54) is 7.11 Å². The Hall–Kier alpha value is -2.04. The van der Waals surface area contributed by atoms with Gasteiger partial charge < -0.3 is 14.4 Å². The Labute approximate surface area is 124 Å². The van der Waals surface area contributed by atoms with E-state index in [1.807, 2.05) is 32.9 Å². The van der Waals surface area contributed by atoms with Gasteiger partial charge in [-0.2, -0.15) is 0 Å². The van der Waals surface area contributed by atoms with Crippen LogP contribution in [0.15, 0.2) is 24.3 Å². The fourth-order valence-electron chi connectivity index (χ4n) is 2.23. The average molecular weight is 291 g/mol. The highest BCUT2D eigenvalue weighted by atomic mass is 16.6. The highest BCUT2D eigenvalue weighted by Crippen LogP contribution is 2.34. The molecule has 21 heavy (non-hydrogen) atoms. The Kier molecular flexibility index (Phi) is 4.21. The molecule has 5 nitrogen and oxygen atoms in total. The van der Waals surface area contributed by atoms with E-state index in [0.29, 0.717) is 12.1 Å². The Morgan fingerprint density at radius 3 is 2.24 bits per heavy atom. The monoisotopic (exact) mass is 291 g/mol. The smallest absolute Gasteiger partial charge is 0.410 e. The SMILES string of the molecule is COC(=O)c1ccc(C2CCN2C(=O)OC(C)(C)C)cc1. The third-order valence-corrected chi connectivity index (χ3v) is 3.36. The molecule has 1 aliphatic heterocycles. The van der Waals surface area contributed by atoms with Gasteiger partial charge in [-0.15, -0.1) is 0 Å². The topological polar surface area (TPSA) is 55.8 Å². The third kappa shape index (κ3) is 3.54. The molecule has 0 aromatic heterocycles. The molecule has 1 aromatic rings. The standard InChI is InChI=1S/C16H21NO4/c1-16(2,3)21-15(19)17-10-9-13(17)11-5-7-12(8-6-11)14(18)20-4/h5-8,13H,9-10H2,1-4H3. The lowest BCUT2D eigenvalue weighted by Gasteiger charge is -2.41. The van der Waals surface area contributed by atoms with Gasteiger partial charge in [0.25, 0.3) is 0 Å². The number of rotatable bonds is 2. The van der Waals surface area contributed by atoms with Gasteiger partial charge in [-0.05, 0) is 44.9 Å². The zero-order valence-corrected chi connectivity index (χ0v) is 12.9. The maximum Gasteiger partial charge on any atom is 0.410 e. The van der Waals surface area contributed by atoms with Crippen molar-refractivity contribution in [2.75, 3.05) is 13.7 Å². The molecule has 1 amide bonds. The minimum absolute atomic E-state index is 0.0200. The molecule has 0 radical (unpaired) electrons. The Morgan fingerprint density at radius 2 is 1.81 bits per heavy atom. The molecular formula is C16H21NO4. The van der Waals surface area contributed by atoms with Crippen molar-refractivity contribution in [3.8, 4) is 0 Å². The molecule has 1 fully saturated rings. The van der Waals surface area contributed by atoms with Crippen LogP contribution in [-0.4, -0.2) is 36.2 Å². The van der Waals surface area contributed by atoms with Crippen LogP contribution in [0.1, 0.15) is 49.2 Å². The molecule has 0 spiro atoms. The van der Waals surface area contributed by atoms with E-state index in [-0.39, 0.29) is 18.1 Å². The second kappa shape index (κ2) is 5.76. The van der Waals surface area contributed by atoms with Crippen molar-refractivity contribution in [2.45, 2.75) is 38.8 Å². The van der Waals surface area contributed by atoms with Gasteiger partial charge in [0.1, 0.15) is 5.60 Å². The van der Waals surface area contributed by atoms with Crippen molar-refractivity contribution in [2.24, 2.45) is 0 Å². The van der Waals surface area contributed by atoms with Crippen molar-refractivity contribution in [1.29, 1.82) is 0 Å². The molecule has 114 valence electrons. The number of likely N-dealkylation sites (tertiary alicyclic amines) is 1. The quantitative estimate of drug-likeness (QED) is 0.785. The van der Waals surface area contributed by atoms with Crippen molar-refractivity contribution in [1.82, 2.24) is 4.90 Å². The molecule has 1 unspecified atom stereocenters. The summed E-state index contributed by atoms with van der Waals surface area (Å²) < 4.78 is 10.1. The van der Waals surface area contributed by atoms with Crippen LogP contribution in [0.4, 0.5) is 4.79 Å². The molecule has 0 N–H and O–H groups in total. The maximum atomic E-state index is 12.1. The first-order valence-electron chi connectivity index (χ1n) is 7.00. The van der Waals surface area contributed by atoms with Gasteiger partial charge in [0.2, 0.25) is 0 Å². The second-order valence-electron chi connectivity index (χ2n) is 6.09. The number of hydrogen-bond acceptors (Lipinski definition) is 4. The summed E-state index contributed by atoms with van der Waals surface area (Å²) in [5.41, 5.74) is 1.01. The van der Waals surface area contributed by atoms with Gasteiger partial charge in [-0.1, -0.05) is 12.1 Å². The first kappa shape index (κ1) is 15.4. The number of esters is 1. The molecule has 0 bridgehead atoms. The summed E-state index contributed by atoms with van der Waals surface area (Å²) in [5.74, 6) is -0.362. The maximum absolute atomic E-state index is 12.1. The predicted molar refractivity (Wildman–Crippen MR) is 78.1 cm³/mol. The summed E-state index contributed by atoms with van der Waals surface area (Å²) in [6.45, 7) is 6.25. The Balaban J connectivity index is 2.05. The van der Waals surface area contributed by atoms with E-state index in [4.69, 9.17) is 4.74 Å². The molecular weight excluding hydrogens is 270 g/mol. The van der Waals surface area contributed by atoms with Gasteiger partial charge in [-0.3, -0.25) is 0 Å². The largest absolute Gasteiger partial charge is 0.465 e. The summed E-state index contributed by atoms with van der Waals surface area (Å²) in [6, 6.07) is 7.16. The van der Waals surface area contributed by atoms with Crippen LogP contribution < -0.4 is 0 Å². The van der Waals surface area contributed by atoms with E-state index in [9.17, 15) is 9.59 Å². The van der Waals surface area contributed by atoms with Gasteiger partial charge in [0.15, 0.2) is 0 Å². The molecule has 1 atom stereocenters. The van der Waals surface area contributed by atoms with Crippen LogP contribution in [-0.2, 0) is 9.47 Å². The zero-order valence-electron chi connectivity index (χ0n) is 12.9. The fourth-order valence-corrected chi connectivity index (χ4v) is 2.23. The number of carbonyl (C=O) groups is 2. The predicted octanol–water partition coefficient (Wildman–Crippen LogP) is 3.16. The van der Waals surface area contributed by atoms with Crippen LogP contribution in [0, 0.1) is 0 Å². The number of benzene rings is 1. The summed E-state index contributed by atoms with van der Waals surface area (Å²) in [5, 5.41) is 0.